The van der Waals surface area contributed by atoms with Gasteiger partial charge in [-0.2, -0.15) is 0 Å². The van der Waals surface area contributed by atoms with E-state index in [4.69, 9.17) is 4.74 Å². The second-order valence-electron chi connectivity index (χ2n) is 18.2. The van der Waals surface area contributed by atoms with Crippen LogP contribution >= 0.6 is 0 Å². The molecule has 0 aromatic rings. The Morgan fingerprint density at radius 2 is 1.58 bits per heavy atom. The van der Waals surface area contributed by atoms with Gasteiger partial charge in [0.1, 0.15) is 12.4 Å². The minimum Gasteiger partial charge on any atom is -0.481 e. The summed E-state index contributed by atoms with van der Waals surface area (Å²) in [6, 6.07) is 0. The highest BCUT2D eigenvalue weighted by atomic mass is 16.5. The number of aliphatic carboxylic acids is 1. The fraction of sp³-hybridized carbons (Fsp3) is 0.868. The summed E-state index contributed by atoms with van der Waals surface area (Å²) >= 11 is 0. The summed E-state index contributed by atoms with van der Waals surface area (Å²) in [5, 5.41) is 9.28. The number of fused-ring (bicyclic) bond motifs is 7. The van der Waals surface area contributed by atoms with Gasteiger partial charge in [0.25, 0.3) is 0 Å². The molecular formula is C38H60O5. The lowest BCUT2D eigenvalue weighted by Crippen LogP contribution is -2.66. The van der Waals surface area contributed by atoms with Crippen molar-refractivity contribution in [3.05, 3.63) is 12.2 Å². The Morgan fingerprint density at radius 1 is 0.884 bits per heavy atom. The number of carbonyl (C=O) groups excluding carboxylic acids is 2. The molecule has 0 aliphatic heterocycles. The van der Waals surface area contributed by atoms with Crippen LogP contribution in [0, 0.1) is 62.1 Å². The zero-order valence-corrected chi connectivity index (χ0v) is 28.5. The third kappa shape index (κ3) is 4.96. The average molecular weight is 597 g/mol. The van der Waals surface area contributed by atoms with Crippen LogP contribution in [-0.2, 0) is 19.1 Å². The van der Waals surface area contributed by atoms with Crippen LogP contribution in [0.1, 0.15) is 139 Å². The summed E-state index contributed by atoms with van der Waals surface area (Å²) in [6.07, 6.45) is 13.5. The van der Waals surface area contributed by atoms with Crippen molar-refractivity contribution in [1.29, 1.82) is 0 Å². The number of carbonyl (C=O) groups is 3. The summed E-state index contributed by atoms with van der Waals surface area (Å²) in [7, 11) is 0. The lowest BCUT2D eigenvalue weighted by atomic mass is 9.32. The molecule has 5 aliphatic carbocycles. The van der Waals surface area contributed by atoms with E-state index in [-0.39, 0.29) is 52.0 Å². The summed E-state index contributed by atoms with van der Waals surface area (Å²) in [4.78, 5) is 36.4. The van der Waals surface area contributed by atoms with Gasteiger partial charge in [0.05, 0.1) is 12.8 Å². The number of aldehydes is 1. The van der Waals surface area contributed by atoms with Gasteiger partial charge in [-0.25, -0.2) is 0 Å². The molecule has 5 rings (SSSR count). The molecule has 0 heterocycles. The van der Waals surface area contributed by atoms with E-state index in [0.717, 1.165) is 25.7 Å². The van der Waals surface area contributed by atoms with Gasteiger partial charge in [0.15, 0.2) is 0 Å². The number of carboxylic acids is 1. The van der Waals surface area contributed by atoms with Crippen LogP contribution in [0.4, 0.5) is 0 Å². The highest BCUT2D eigenvalue weighted by Crippen LogP contribution is 2.77. The van der Waals surface area contributed by atoms with Crippen molar-refractivity contribution in [1.82, 2.24) is 0 Å². The summed E-state index contributed by atoms with van der Waals surface area (Å²) in [6.45, 7) is 22.9. The van der Waals surface area contributed by atoms with E-state index in [1.54, 1.807) is 0 Å². The number of allylic oxidation sites excluding steroid dienone is 1. The van der Waals surface area contributed by atoms with Crippen molar-refractivity contribution in [2.45, 2.75) is 145 Å². The highest BCUT2D eigenvalue weighted by molar-refractivity contribution is 5.73. The maximum absolute atomic E-state index is 13.1. The van der Waals surface area contributed by atoms with Crippen LogP contribution in [0.3, 0.4) is 0 Å². The number of carboxylic acid groups (broad SMARTS) is 1. The molecule has 242 valence electrons. The molecular weight excluding hydrogens is 536 g/mol. The summed E-state index contributed by atoms with van der Waals surface area (Å²) in [5.74, 6) is 1.74. The van der Waals surface area contributed by atoms with Crippen LogP contribution in [0.2, 0.25) is 0 Å². The van der Waals surface area contributed by atoms with Crippen molar-refractivity contribution in [3.8, 4) is 0 Å². The molecule has 5 fully saturated rings. The molecule has 0 aromatic carbocycles. The Labute approximate surface area is 261 Å². The van der Waals surface area contributed by atoms with Gasteiger partial charge in [-0.15, -0.1) is 0 Å². The van der Waals surface area contributed by atoms with Gasteiger partial charge in [-0.3, -0.25) is 9.59 Å². The first-order valence-electron chi connectivity index (χ1n) is 17.4. The molecule has 0 spiro atoms. The fourth-order valence-corrected chi connectivity index (χ4v) is 13.1. The number of esters is 1. The van der Waals surface area contributed by atoms with Crippen molar-refractivity contribution in [2.24, 2.45) is 62.1 Å². The Kier molecular flexibility index (Phi) is 8.16. The number of rotatable bonds is 8. The standard InChI is InChI=1S/C38H60O5/c1-24(2)25-12-17-38(20-21-39)19-18-36(8)26(32(25)38)10-11-28-35(7)15-14-29(34(5,6)27(35)13-16-37(28,36)9)43-31(42)23-33(3,4)22-30(40)41/h21,25-29,32H,1,10-20,22-23H2,2-9H3,(H,40,41)/t25-,26+,27-,28?,29-,32+,35-,36+,37+,38+/m0/s1. The second kappa shape index (κ2) is 10.7. The van der Waals surface area contributed by atoms with Crippen molar-refractivity contribution < 1.29 is 24.2 Å². The predicted octanol–water partition coefficient (Wildman–Crippen LogP) is 9.04. The topological polar surface area (TPSA) is 80.7 Å². The van der Waals surface area contributed by atoms with Gasteiger partial charge in [0, 0.05) is 11.8 Å². The van der Waals surface area contributed by atoms with Crippen molar-refractivity contribution >= 4 is 18.2 Å². The molecule has 0 aromatic heterocycles. The average Bonchev–Trinajstić information content (AvgIpc) is 3.25. The fourth-order valence-electron chi connectivity index (χ4n) is 13.1. The molecule has 43 heavy (non-hydrogen) atoms. The third-order valence-corrected chi connectivity index (χ3v) is 15.2. The normalized spacial score (nSPS) is 45.1. The van der Waals surface area contributed by atoms with Gasteiger partial charge in [-0.05, 0) is 128 Å². The van der Waals surface area contributed by atoms with E-state index in [0.29, 0.717) is 29.6 Å². The number of hydrogen-bond donors (Lipinski definition) is 1. The second-order valence-corrected chi connectivity index (χ2v) is 18.2. The number of hydrogen-bond acceptors (Lipinski definition) is 4. The first kappa shape index (κ1) is 32.7. The molecule has 1 unspecified atom stereocenters. The minimum atomic E-state index is -0.879. The smallest absolute Gasteiger partial charge is 0.306 e. The Morgan fingerprint density at radius 3 is 2.21 bits per heavy atom. The molecule has 5 heteroatoms. The van der Waals surface area contributed by atoms with Crippen LogP contribution < -0.4 is 0 Å². The van der Waals surface area contributed by atoms with E-state index >= 15 is 0 Å². The van der Waals surface area contributed by atoms with Gasteiger partial charge in [-0.1, -0.05) is 60.6 Å². The molecule has 5 nitrogen and oxygen atoms in total. The van der Waals surface area contributed by atoms with Crippen LogP contribution in [0.15, 0.2) is 12.2 Å². The van der Waals surface area contributed by atoms with E-state index in [1.165, 1.54) is 56.8 Å². The lowest BCUT2D eigenvalue weighted by Gasteiger charge is -2.73. The molecule has 0 amide bonds. The number of ether oxygens (including phenoxy) is 1. The van der Waals surface area contributed by atoms with Gasteiger partial charge >= 0.3 is 11.9 Å². The molecule has 1 N–H and O–H groups in total. The Hall–Kier alpha value is -1.65. The van der Waals surface area contributed by atoms with Crippen molar-refractivity contribution in [2.75, 3.05) is 0 Å². The van der Waals surface area contributed by atoms with E-state index in [9.17, 15) is 19.5 Å². The predicted molar refractivity (Wildman–Crippen MR) is 170 cm³/mol. The lowest BCUT2D eigenvalue weighted by molar-refractivity contribution is -0.250. The maximum Gasteiger partial charge on any atom is 0.306 e. The zero-order valence-electron chi connectivity index (χ0n) is 28.5. The molecule has 0 bridgehead atoms. The highest BCUT2D eigenvalue weighted by Gasteiger charge is 2.71. The molecule has 5 aliphatic rings. The molecule has 0 radical (unpaired) electrons. The largest absolute Gasteiger partial charge is 0.481 e. The van der Waals surface area contributed by atoms with E-state index in [1.807, 2.05) is 13.8 Å². The quantitative estimate of drug-likeness (QED) is 0.172. The molecule has 10 atom stereocenters. The van der Waals surface area contributed by atoms with Crippen LogP contribution in [-0.4, -0.2) is 29.4 Å². The van der Waals surface area contributed by atoms with Crippen molar-refractivity contribution in [3.63, 3.8) is 0 Å². The first-order chi connectivity index (χ1) is 19.9. The van der Waals surface area contributed by atoms with E-state index in [2.05, 4.69) is 48.1 Å². The van der Waals surface area contributed by atoms with Gasteiger partial charge < -0.3 is 14.6 Å². The monoisotopic (exact) mass is 596 g/mol. The third-order valence-electron chi connectivity index (χ3n) is 15.2. The SMILES string of the molecule is C=C(C)[C@@H]1CC[C@]2(CC=O)CC[C@]3(C)[C@H](CCC4[C@@]5(C)CC[C@H](OC(=O)CC(C)(C)CC(=O)O)C(C)(C)[C@@H]5CC[C@]43C)[C@@H]12. The first-order valence-corrected chi connectivity index (χ1v) is 17.4. The van der Waals surface area contributed by atoms with Crippen LogP contribution in [0.5, 0.6) is 0 Å². The maximum atomic E-state index is 13.1. The molecule has 0 saturated heterocycles. The van der Waals surface area contributed by atoms with E-state index < -0.39 is 11.4 Å². The summed E-state index contributed by atoms with van der Waals surface area (Å²) < 4.78 is 6.23. The van der Waals surface area contributed by atoms with Crippen LogP contribution in [0.25, 0.3) is 0 Å². The Bertz CT molecular complexity index is 1150. The Balaban J connectivity index is 1.39. The van der Waals surface area contributed by atoms with Gasteiger partial charge in [0.2, 0.25) is 0 Å². The zero-order chi connectivity index (χ0) is 31.8. The minimum absolute atomic E-state index is 0.0406. The molecule has 5 saturated carbocycles. The summed E-state index contributed by atoms with van der Waals surface area (Å²) in [5.41, 5.74) is 1.42.